The average molecular weight is 432 g/mol. The van der Waals surface area contributed by atoms with Crippen molar-refractivity contribution in [1.82, 2.24) is 5.32 Å². The second-order valence-corrected chi connectivity index (χ2v) is 9.39. The molecule has 0 aromatic heterocycles. The fourth-order valence-corrected chi connectivity index (χ4v) is 4.69. The number of phenolic OH excluding ortho intramolecular Hbond substituents is 1. The molecule has 1 aliphatic carbocycles. The lowest BCUT2D eigenvalue weighted by Crippen LogP contribution is -2.38. The normalized spacial score (nSPS) is 20.0. The molecule has 5 nitrogen and oxygen atoms in total. The van der Waals surface area contributed by atoms with E-state index in [-0.39, 0.29) is 23.6 Å². The number of aromatic hydroxyl groups is 1. The van der Waals surface area contributed by atoms with Crippen molar-refractivity contribution in [2.75, 3.05) is 6.61 Å². The van der Waals surface area contributed by atoms with Crippen molar-refractivity contribution in [3.05, 3.63) is 88.3 Å². The van der Waals surface area contributed by atoms with E-state index in [1.54, 1.807) is 24.3 Å². The Morgan fingerprint density at radius 3 is 2.47 bits per heavy atom. The van der Waals surface area contributed by atoms with Gasteiger partial charge in [0.15, 0.2) is 5.78 Å². The number of Topliss-reactive ketones (excluding diaryl/α,β-unsaturated/α-hetero) is 1. The fraction of sp³-hybridized carbons (Fsp3) is 0.333. The highest BCUT2D eigenvalue weighted by atomic mass is 16.5. The van der Waals surface area contributed by atoms with Gasteiger partial charge >= 0.3 is 5.97 Å². The van der Waals surface area contributed by atoms with Crippen LogP contribution in [0.15, 0.2) is 77.1 Å². The number of hydrogen-bond donors (Lipinski definition) is 2. The van der Waals surface area contributed by atoms with Gasteiger partial charge in [-0.2, -0.15) is 0 Å². The van der Waals surface area contributed by atoms with Crippen molar-refractivity contribution in [3.8, 4) is 5.75 Å². The molecule has 1 aliphatic heterocycles. The molecule has 0 unspecified atom stereocenters. The highest BCUT2D eigenvalue weighted by Crippen LogP contribution is 2.46. The van der Waals surface area contributed by atoms with Gasteiger partial charge in [-0.15, -0.1) is 0 Å². The predicted octanol–water partition coefficient (Wildman–Crippen LogP) is 4.78. The molecule has 4 rings (SSSR count). The Morgan fingerprint density at radius 2 is 1.78 bits per heavy atom. The Labute approximate surface area is 188 Å². The summed E-state index contributed by atoms with van der Waals surface area (Å²) in [7, 11) is 0. The molecule has 0 bridgehead atoms. The molecule has 0 radical (unpaired) electrons. The molecule has 2 aromatic carbocycles. The number of rotatable bonds is 5. The third kappa shape index (κ3) is 4.47. The molecule has 0 saturated heterocycles. The van der Waals surface area contributed by atoms with E-state index in [9.17, 15) is 14.7 Å². The summed E-state index contributed by atoms with van der Waals surface area (Å²) in [5.74, 6) is -0.752. The Bertz CT molecular complexity index is 1090. The topological polar surface area (TPSA) is 75.6 Å². The highest BCUT2D eigenvalue weighted by molar-refractivity contribution is 6.04. The van der Waals surface area contributed by atoms with Crippen molar-refractivity contribution < 1.29 is 19.4 Å². The van der Waals surface area contributed by atoms with Crippen molar-refractivity contribution in [2.45, 2.75) is 46.0 Å². The zero-order valence-electron chi connectivity index (χ0n) is 18.8. The van der Waals surface area contributed by atoms with Crippen molar-refractivity contribution in [3.63, 3.8) is 0 Å². The molecule has 0 amide bonds. The van der Waals surface area contributed by atoms with Gasteiger partial charge in [0.1, 0.15) is 5.75 Å². The maximum absolute atomic E-state index is 13.3. The Kier molecular flexibility index (Phi) is 5.92. The summed E-state index contributed by atoms with van der Waals surface area (Å²) in [5, 5.41) is 13.1. The standard InChI is InChI=1S/C27H29NO4/c1-17-23(26(31)32-14-13-18-7-5-4-6-8-18)24(19-9-11-20(29)12-10-19)25-21(28-17)15-27(2,3)16-22(25)30/h4-12,24,28-29H,13-16H2,1-3H3/t24-/m1/s1. The number of dihydropyridines is 1. The minimum atomic E-state index is -0.514. The summed E-state index contributed by atoms with van der Waals surface area (Å²) in [6, 6.07) is 16.6. The van der Waals surface area contributed by atoms with Gasteiger partial charge in [-0.3, -0.25) is 4.79 Å². The van der Waals surface area contributed by atoms with Crippen LogP contribution in [-0.2, 0) is 20.7 Å². The molecule has 166 valence electrons. The van der Waals surface area contributed by atoms with Gasteiger partial charge in [0, 0.05) is 35.7 Å². The number of carbonyl (C=O) groups is 2. The number of esters is 1. The minimum absolute atomic E-state index is 0.0453. The zero-order valence-corrected chi connectivity index (χ0v) is 18.8. The molecule has 0 saturated carbocycles. The smallest absolute Gasteiger partial charge is 0.336 e. The number of ketones is 1. The molecule has 5 heteroatoms. The first-order chi connectivity index (χ1) is 15.2. The Hall–Kier alpha value is -3.34. The number of allylic oxidation sites excluding steroid dienone is 3. The molecule has 1 heterocycles. The van der Waals surface area contributed by atoms with Crippen LogP contribution in [0.5, 0.6) is 5.75 Å². The highest BCUT2D eigenvalue weighted by Gasteiger charge is 2.43. The summed E-state index contributed by atoms with van der Waals surface area (Å²) in [6.45, 7) is 6.28. The summed E-state index contributed by atoms with van der Waals surface area (Å²) < 4.78 is 5.67. The first-order valence-electron chi connectivity index (χ1n) is 11.0. The SMILES string of the molecule is CC1=C(C(=O)OCCc2ccccc2)[C@@H](c2ccc(O)cc2)C2=C(CC(C)(C)CC2=O)N1. The molecule has 2 aromatic rings. The first-order valence-corrected chi connectivity index (χ1v) is 11.0. The van der Waals surface area contributed by atoms with E-state index in [4.69, 9.17) is 4.74 Å². The second kappa shape index (κ2) is 8.65. The van der Waals surface area contributed by atoms with E-state index in [0.717, 1.165) is 23.2 Å². The van der Waals surface area contributed by atoms with Crippen LogP contribution in [0.1, 0.15) is 50.7 Å². The zero-order chi connectivity index (χ0) is 22.9. The predicted molar refractivity (Wildman–Crippen MR) is 123 cm³/mol. The van der Waals surface area contributed by atoms with Crippen LogP contribution in [0.3, 0.4) is 0 Å². The van der Waals surface area contributed by atoms with Gasteiger partial charge in [0.05, 0.1) is 12.2 Å². The van der Waals surface area contributed by atoms with Gasteiger partial charge in [-0.1, -0.05) is 56.3 Å². The number of nitrogens with one attached hydrogen (secondary N) is 1. The summed E-state index contributed by atoms with van der Waals surface area (Å²) >= 11 is 0. The van der Waals surface area contributed by atoms with Gasteiger partial charge in [-0.05, 0) is 42.0 Å². The molecule has 0 fully saturated rings. The van der Waals surface area contributed by atoms with E-state index in [2.05, 4.69) is 19.2 Å². The molecule has 2 aliphatic rings. The number of benzene rings is 2. The third-order valence-electron chi connectivity index (χ3n) is 6.15. The largest absolute Gasteiger partial charge is 0.508 e. The van der Waals surface area contributed by atoms with Crippen LogP contribution in [0.2, 0.25) is 0 Å². The summed E-state index contributed by atoms with van der Waals surface area (Å²) in [4.78, 5) is 26.5. The maximum Gasteiger partial charge on any atom is 0.336 e. The van der Waals surface area contributed by atoms with E-state index in [1.165, 1.54) is 0 Å². The van der Waals surface area contributed by atoms with Gasteiger partial charge < -0.3 is 15.2 Å². The molecule has 2 N–H and O–H groups in total. The van der Waals surface area contributed by atoms with Crippen LogP contribution in [0, 0.1) is 5.41 Å². The number of ether oxygens (including phenoxy) is 1. The number of phenols is 1. The van der Waals surface area contributed by atoms with Crippen LogP contribution in [-0.4, -0.2) is 23.5 Å². The molecular formula is C27H29NO4. The maximum atomic E-state index is 13.3. The van der Waals surface area contributed by atoms with Gasteiger partial charge in [0.25, 0.3) is 0 Å². The molecule has 0 spiro atoms. The monoisotopic (exact) mass is 431 g/mol. The van der Waals surface area contributed by atoms with Crippen molar-refractivity contribution in [1.29, 1.82) is 0 Å². The molecule has 1 atom stereocenters. The minimum Gasteiger partial charge on any atom is -0.508 e. The van der Waals surface area contributed by atoms with Crippen LogP contribution < -0.4 is 5.32 Å². The lowest BCUT2D eigenvalue weighted by atomic mass is 9.68. The third-order valence-corrected chi connectivity index (χ3v) is 6.15. The quantitative estimate of drug-likeness (QED) is 0.666. The fourth-order valence-electron chi connectivity index (χ4n) is 4.69. The Morgan fingerprint density at radius 1 is 1.09 bits per heavy atom. The van der Waals surface area contributed by atoms with Crippen LogP contribution in [0.4, 0.5) is 0 Å². The van der Waals surface area contributed by atoms with Crippen molar-refractivity contribution in [2.24, 2.45) is 5.41 Å². The summed E-state index contributed by atoms with van der Waals surface area (Å²) in [6.07, 6.45) is 1.78. The Balaban J connectivity index is 1.66. The number of carbonyl (C=O) groups excluding carboxylic acids is 2. The van der Waals surface area contributed by atoms with Gasteiger partial charge in [0.2, 0.25) is 0 Å². The van der Waals surface area contributed by atoms with E-state index in [0.29, 0.717) is 29.7 Å². The van der Waals surface area contributed by atoms with Gasteiger partial charge in [-0.25, -0.2) is 4.79 Å². The van der Waals surface area contributed by atoms with Crippen molar-refractivity contribution >= 4 is 11.8 Å². The van der Waals surface area contributed by atoms with Crippen LogP contribution in [0.25, 0.3) is 0 Å². The first kappa shape index (κ1) is 21.9. The lowest BCUT2D eigenvalue weighted by molar-refractivity contribution is -0.139. The molecular weight excluding hydrogens is 402 g/mol. The summed E-state index contributed by atoms with van der Waals surface area (Å²) in [5.41, 5.74) is 4.42. The lowest BCUT2D eigenvalue weighted by Gasteiger charge is -2.39. The average Bonchev–Trinajstić information content (AvgIpc) is 2.73. The van der Waals surface area contributed by atoms with E-state index < -0.39 is 11.9 Å². The molecule has 32 heavy (non-hydrogen) atoms. The van der Waals surface area contributed by atoms with E-state index >= 15 is 0 Å². The van der Waals surface area contributed by atoms with Crippen LogP contribution >= 0.6 is 0 Å². The van der Waals surface area contributed by atoms with E-state index in [1.807, 2.05) is 37.3 Å². The number of hydrogen-bond acceptors (Lipinski definition) is 5. The second-order valence-electron chi connectivity index (χ2n) is 9.39.